The molecule has 0 unspecified atom stereocenters. The summed E-state index contributed by atoms with van der Waals surface area (Å²) in [6.07, 6.45) is 0.585. The number of hydrogen-bond donors (Lipinski definition) is 1. The Morgan fingerprint density at radius 1 is 1.13 bits per heavy atom. The van der Waals surface area contributed by atoms with Crippen LogP contribution in [0, 0.1) is 5.82 Å². The summed E-state index contributed by atoms with van der Waals surface area (Å²) in [4.78, 5) is 13.3. The number of carbonyl (C=O) groups excluding carboxylic acids is 1. The van der Waals surface area contributed by atoms with Gasteiger partial charge in [0.25, 0.3) is 5.91 Å². The van der Waals surface area contributed by atoms with Crippen LogP contribution in [0.1, 0.15) is 29.2 Å². The normalized spacial score (nSPS) is 23.4. The van der Waals surface area contributed by atoms with Crippen LogP contribution in [0.5, 0.6) is 5.75 Å². The second-order valence-electron chi connectivity index (χ2n) is 7.55. The number of carbonyl (C=O) groups is 1. The zero-order chi connectivity index (χ0) is 20.5. The first kappa shape index (κ1) is 17.5. The number of hydrogen-bond acceptors (Lipinski definition) is 4. The van der Waals surface area contributed by atoms with Crippen molar-refractivity contribution in [3.05, 3.63) is 94.3 Å². The Kier molecular flexibility index (Phi) is 3.53. The van der Waals surface area contributed by atoms with Crippen molar-refractivity contribution in [1.82, 2.24) is 5.01 Å². The van der Waals surface area contributed by atoms with Crippen molar-refractivity contribution in [2.45, 2.75) is 18.2 Å². The lowest BCUT2D eigenvalue weighted by Gasteiger charge is -2.43. The maximum Gasteiger partial charge on any atom is 0.306 e. The molecule has 2 atom stereocenters. The number of fused-ring (bicyclic) bond motifs is 6. The van der Waals surface area contributed by atoms with Crippen molar-refractivity contribution in [2.24, 2.45) is 5.10 Å². The number of nitrogens with one attached hydrogen (secondary N) is 1. The molecule has 0 fully saturated rings. The maximum atomic E-state index is 14.2. The average Bonchev–Trinajstić information content (AvgIpc) is 3.30. The maximum absolute atomic E-state index is 14.2. The Labute approximate surface area is 176 Å². The minimum Gasteiger partial charge on any atom is -0.453 e. The summed E-state index contributed by atoms with van der Waals surface area (Å²) < 4.78 is 20.5. The standard InChI is InChI=1S/C23H15ClFN3O2/c24-14-7-5-13(6-8-14)19-12-20-16-3-1-2-4-21(16)30-23(28(20)27-19)17-11-15(25)9-10-18(17)26-22(23)29/h1-11,20H,12H2,(H,26,29)/t20-,23+/m0/s1. The van der Waals surface area contributed by atoms with Gasteiger partial charge in [-0.15, -0.1) is 0 Å². The largest absolute Gasteiger partial charge is 0.453 e. The van der Waals surface area contributed by atoms with Crippen LogP contribution in [0.25, 0.3) is 0 Å². The van der Waals surface area contributed by atoms with E-state index in [9.17, 15) is 9.18 Å². The van der Waals surface area contributed by atoms with E-state index in [0.29, 0.717) is 28.4 Å². The van der Waals surface area contributed by atoms with Crippen molar-refractivity contribution in [1.29, 1.82) is 0 Å². The number of rotatable bonds is 1. The lowest BCUT2D eigenvalue weighted by Crippen LogP contribution is -2.55. The van der Waals surface area contributed by atoms with Crippen LogP contribution in [-0.2, 0) is 10.5 Å². The molecule has 0 bridgehead atoms. The van der Waals surface area contributed by atoms with E-state index in [-0.39, 0.29) is 11.9 Å². The fourth-order valence-electron chi connectivity index (χ4n) is 4.48. The van der Waals surface area contributed by atoms with Crippen LogP contribution in [0.4, 0.5) is 10.1 Å². The lowest BCUT2D eigenvalue weighted by atomic mass is 9.92. The van der Waals surface area contributed by atoms with Gasteiger partial charge >= 0.3 is 5.72 Å². The third-order valence-corrected chi connectivity index (χ3v) is 6.10. The third kappa shape index (κ3) is 2.28. The Balaban J connectivity index is 1.57. The van der Waals surface area contributed by atoms with Gasteiger partial charge in [0.2, 0.25) is 0 Å². The van der Waals surface area contributed by atoms with Crippen LogP contribution in [0.2, 0.25) is 5.02 Å². The number of hydrazone groups is 1. The predicted octanol–water partition coefficient (Wildman–Crippen LogP) is 4.83. The highest BCUT2D eigenvalue weighted by molar-refractivity contribution is 6.30. The Morgan fingerprint density at radius 3 is 2.77 bits per heavy atom. The van der Waals surface area contributed by atoms with Gasteiger partial charge in [-0.1, -0.05) is 41.9 Å². The number of ether oxygens (including phenoxy) is 1. The highest BCUT2D eigenvalue weighted by Gasteiger charge is 2.61. The molecular weight excluding hydrogens is 405 g/mol. The molecule has 6 rings (SSSR count). The summed E-state index contributed by atoms with van der Waals surface area (Å²) in [7, 11) is 0. The molecular formula is C23H15ClFN3O2. The van der Waals surface area contributed by atoms with E-state index in [1.807, 2.05) is 48.5 Å². The number of nitrogens with zero attached hydrogens (tertiary/aromatic N) is 2. The van der Waals surface area contributed by atoms with Crippen molar-refractivity contribution < 1.29 is 13.9 Å². The molecule has 7 heteroatoms. The predicted molar refractivity (Wildman–Crippen MR) is 111 cm³/mol. The summed E-state index contributed by atoms with van der Waals surface area (Å²) in [5.41, 5.74) is 2.05. The van der Waals surface area contributed by atoms with E-state index in [2.05, 4.69) is 5.32 Å². The molecule has 0 aromatic heterocycles. The molecule has 3 heterocycles. The van der Waals surface area contributed by atoms with Crippen LogP contribution in [0.3, 0.4) is 0 Å². The molecule has 3 aliphatic rings. The van der Waals surface area contributed by atoms with Gasteiger partial charge in [0.05, 0.1) is 23.0 Å². The van der Waals surface area contributed by atoms with Gasteiger partial charge in [-0.3, -0.25) is 4.79 Å². The zero-order valence-electron chi connectivity index (χ0n) is 15.6. The number of halogens is 2. The summed E-state index contributed by atoms with van der Waals surface area (Å²) >= 11 is 6.04. The van der Waals surface area contributed by atoms with Crippen LogP contribution >= 0.6 is 11.6 Å². The van der Waals surface area contributed by atoms with Crippen LogP contribution in [-0.4, -0.2) is 16.6 Å². The first-order valence-electron chi connectivity index (χ1n) is 9.58. The SMILES string of the molecule is O=C1Nc2ccc(F)cc2[C@@]12Oc1ccccc1[C@@H]1CC(c3ccc(Cl)cc3)=NN12. The minimum absolute atomic E-state index is 0.222. The molecule has 1 spiro atoms. The first-order chi connectivity index (χ1) is 14.6. The molecule has 0 saturated heterocycles. The van der Waals surface area contributed by atoms with Gasteiger partial charge in [-0.05, 0) is 42.0 Å². The molecule has 3 aromatic carbocycles. The molecule has 1 N–H and O–H groups in total. The highest BCUT2D eigenvalue weighted by atomic mass is 35.5. The molecule has 0 radical (unpaired) electrons. The zero-order valence-corrected chi connectivity index (χ0v) is 16.4. The highest BCUT2D eigenvalue weighted by Crippen LogP contribution is 2.54. The van der Waals surface area contributed by atoms with Gasteiger partial charge in [0.15, 0.2) is 0 Å². The Morgan fingerprint density at radius 2 is 1.93 bits per heavy atom. The monoisotopic (exact) mass is 419 g/mol. The second kappa shape index (κ2) is 6.06. The molecule has 5 nitrogen and oxygen atoms in total. The first-order valence-corrected chi connectivity index (χ1v) is 9.96. The number of anilines is 1. The summed E-state index contributed by atoms with van der Waals surface area (Å²) in [6.45, 7) is 0. The quantitative estimate of drug-likeness (QED) is 0.614. The van der Waals surface area contributed by atoms with E-state index in [1.165, 1.54) is 12.1 Å². The Hall–Kier alpha value is -3.38. The summed E-state index contributed by atoms with van der Waals surface area (Å²) in [6, 6.07) is 19.0. The second-order valence-corrected chi connectivity index (χ2v) is 7.98. The molecule has 0 aliphatic carbocycles. The average molecular weight is 420 g/mol. The van der Waals surface area contributed by atoms with Crippen molar-refractivity contribution in [3.8, 4) is 5.75 Å². The van der Waals surface area contributed by atoms with E-state index >= 15 is 0 Å². The summed E-state index contributed by atoms with van der Waals surface area (Å²) in [5, 5.41) is 9.97. The van der Waals surface area contributed by atoms with Gasteiger partial charge < -0.3 is 10.1 Å². The molecule has 0 saturated carbocycles. The van der Waals surface area contributed by atoms with Crippen molar-refractivity contribution >= 4 is 28.9 Å². The van der Waals surface area contributed by atoms with Crippen molar-refractivity contribution in [3.63, 3.8) is 0 Å². The molecule has 1 amide bonds. The van der Waals surface area contributed by atoms with E-state index < -0.39 is 11.5 Å². The van der Waals surface area contributed by atoms with Gasteiger partial charge in [-0.25, -0.2) is 9.40 Å². The van der Waals surface area contributed by atoms with Gasteiger partial charge in [0, 0.05) is 17.0 Å². The minimum atomic E-state index is -1.56. The Bertz CT molecular complexity index is 1240. The van der Waals surface area contributed by atoms with Crippen LogP contribution in [0.15, 0.2) is 71.8 Å². The van der Waals surface area contributed by atoms with Gasteiger partial charge in [0.1, 0.15) is 11.6 Å². The topological polar surface area (TPSA) is 53.9 Å². The van der Waals surface area contributed by atoms with E-state index in [1.54, 1.807) is 11.1 Å². The number of benzene rings is 3. The molecule has 3 aromatic rings. The molecule has 3 aliphatic heterocycles. The fraction of sp³-hybridized carbons (Fsp3) is 0.130. The number of amides is 1. The summed E-state index contributed by atoms with van der Waals surface area (Å²) in [5.74, 6) is -0.230. The lowest BCUT2D eigenvalue weighted by molar-refractivity contribution is -0.161. The van der Waals surface area contributed by atoms with E-state index in [4.69, 9.17) is 21.4 Å². The van der Waals surface area contributed by atoms with Crippen molar-refractivity contribution in [2.75, 3.05) is 5.32 Å². The van der Waals surface area contributed by atoms with Gasteiger partial charge in [-0.2, -0.15) is 5.10 Å². The van der Waals surface area contributed by atoms with Crippen LogP contribution < -0.4 is 10.1 Å². The van der Waals surface area contributed by atoms with E-state index in [0.717, 1.165) is 16.8 Å². The molecule has 148 valence electrons. The third-order valence-electron chi connectivity index (χ3n) is 5.85. The smallest absolute Gasteiger partial charge is 0.306 e. The molecule has 30 heavy (non-hydrogen) atoms. The fourth-order valence-corrected chi connectivity index (χ4v) is 4.60. The number of para-hydroxylation sites is 1.